The average molecular weight is 321 g/mol. The molecule has 0 amide bonds. The highest BCUT2D eigenvalue weighted by molar-refractivity contribution is 6.33. The van der Waals surface area contributed by atoms with Gasteiger partial charge in [-0.25, -0.2) is 9.97 Å². The lowest BCUT2D eigenvalue weighted by Crippen LogP contribution is -2.32. The predicted octanol–water partition coefficient (Wildman–Crippen LogP) is 4.77. The van der Waals surface area contributed by atoms with Gasteiger partial charge in [-0.05, 0) is 43.9 Å². The van der Waals surface area contributed by atoms with Crippen molar-refractivity contribution in [1.29, 1.82) is 5.26 Å². The van der Waals surface area contributed by atoms with Crippen LogP contribution in [0.15, 0.2) is 6.33 Å². The topological polar surface area (TPSA) is 61.6 Å². The SMILES string of the molecule is CC(C#N)c1ncnc(NC2CCC(C(C)(C)C)CC2)c1Cl. The Morgan fingerprint density at radius 2 is 1.91 bits per heavy atom. The Morgan fingerprint density at radius 3 is 2.45 bits per heavy atom. The van der Waals surface area contributed by atoms with Crippen molar-refractivity contribution in [2.45, 2.75) is 65.3 Å². The van der Waals surface area contributed by atoms with E-state index in [-0.39, 0.29) is 5.92 Å². The second-order valence-electron chi connectivity index (χ2n) is 7.33. The van der Waals surface area contributed by atoms with E-state index in [2.05, 4.69) is 42.1 Å². The van der Waals surface area contributed by atoms with E-state index in [4.69, 9.17) is 16.9 Å². The fourth-order valence-electron chi connectivity index (χ4n) is 3.14. The van der Waals surface area contributed by atoms with Crippen molar-refractivity contribution >= 4 is 17.4 Å². The summed E-state index contributed by atoms with van der Waals surface area (Å²) in [4.78, 5) is 8.40. The van der Waals surface area contributed by atoms with Crippen molar-refractivity contribution in [2.24, 2.45) is 11.3 Å². The molecule has 0 radical (unpaired) electrons. The zero-order chi connectivity index (χ0) is 16.3. The lowest BCUT2D eigenvalue weighted by atomic mass is 9.71. The van der Waals surface area contributed by atoms with Gasteiger partial charge in [0.15, 0.2) is 0 Å². The molecule has 0 spiro atoms. The molecule has 1 unspecified atom stereocenters. The third-order valence-corrected chi connectivity index (χ3v) is 5.09. The lowest BCUT2D eigenvalue weighted by molar-refractivity contribution is 0.173. The minimum absolute atomic E-state index is 0.326. The standard InChI is InChI=1S/C17H25ClN4/c1-11(9-19)15-14(18)16(21-10-20-15)22-13-7-5-12(6-8-13)17(2,3)4/h10-13H,5-8H2,1-4H3,(H,20,21,22). The summed E-state index contributed by atoms with van der Waals surface area (Å²) in [5.41, 5.74) is 0.984. The first kappa shape index (κ1) is 17.0. The van der Waals surface area contributed by atoms with E-state index in [0.29, 0.717) is 28.0 Å². The van der Waals surface area contributed by atoms with Crippen molar-refractivity contribution in [3.8, 4) is 6.07 Å². The Labute approximate surface area is 138 Å². The Morgan fingerprint density at radius 1 is 1.27 bits per heavy atom. The molecule has 1 aromatic heterocycles. The van der Waals surface area contributed by atoms with Gasteiger partial charge in [0.1, 0.15) is 17.2 Å². The first-order valence-electron chi connectivity index (χ1n) is 7.99. The van der Waals surface area contributed by atoms with Crippen LogP contribution in [-0.2, 0) is 0 Å². The maximum atomic E-state index is 9.04. The lowest BCUT2D eigenvalue weighted by Gasteiger charge is -2.37. The molecular formula is C17H25ClN4. The quantitative estimate of drug-likeness (QED) is 0.871. The normalized spacial score (nSPS) is 23.6. The number of nitrogens with one attached hydrogen (secondary N) is 1. The number of hydrogen-bond acceptors (Lipinski definition) is 4. The second-order valence-corrected chi connectivity index (χ2v) is 7.71. The molecule has 1 atom stereocenters. The third-order valence-electron chi connectivity index (χ3n) is 4.71. The highest BCUT2D eigenvalue weighted by Crippen LogP contribution is 2.39. The molecule has 120 valence electrons. The molecule has 1 aliphatic rings. The van der Waals surface area contributed by atoms with Crippen LogP contribution < -0.4 is 5.32 Å². The second kappa shape index (κ2) is 6.83. The zero-order valence-corrected chi connectivity index (χ0v) is 14.6. The minimum atomic E-state index is -0.326. The molecule has 0 aliphatic heterocycles. The van der Waals surface area contributed by atoms with E-state index >= 15 is 0 Å². The molecule has 1 saturated carbocycles. The van der Waals surface area contributed by atoms with E-state index in [0.717, 1.165) is 18.8 Å². The van der Waals surface area contributed by atoms with Gasteiger partial charge in [-0.3, -0.25) is 0 Å². The van der Waals surface area contributed by atoms with Crippen LogP contribution in [0, 0.1) is 22.7 Å². The number of hydrogen-bond donors (Lipinski definition) is 1. The molecule has 1 N–H and O–H groups in total. The van der Waals surface area contributed by atoms with E-state index in [1.165, 1.54) is 19.2 Å². The van der Waals surface area contributed by atoms with E-state index < -0.39 is 0 Å². The molecule has 22 heavy (non-hydrogen) atoms. The summed E-state index contributed by atoms with van der Waals surface area (Å²) in [6, 6.07) is 2.57. The number of nitrogens with zero attached hydrogens (tertiary/aromatic N) is 3. The number of rotatable bonds is 3. The molecule has 1 fully saturated rings. The smallest absolute Gasteiger partial charge is 0.148 e. The molecule has 0 bridgehead atoms. The molecule has 1 heterocycles. The Bertz CT molecular complexity index is 551. The molecule has 0 saturated heterocycles. The first-order valence-corrected chi connectivity index (χ1v) is 8.37. The summed E-state index contributed by atoms with van der Waals surface area (Å²) in [6.07, 6.45) is 6.20. The number of nitriles is 1. The fraction of sp³-hybridized carbons (Fsp3) is 0.706. The van der Waals surface area contributed by atoms with Gasteiger partial charge in [0.25, 0.3) is 0 Å². The van der Waals surface area contributed by atoms with Gasteiger partial charge in [0.2, 0.25) is 0 Å². The van der Waals surface area contributed by atoms with Gasteiger partial charge in [-0.15, -0.1) is 0 Å². The van der Waals surface area contributed by atoms with Crippen LogP contribution in [0.25, 0.3) is 0 Å². The van der Waals surface area contributed by atoms with Crippen molar-refractivity contribution in [1.82, 2.24) is 9.97 Å². The molecule has 1 aliphatic carbocycles. The Kier molecular flexibility index (Phi) is 5.28. The molecule has 5 heteroatoms. The molecule has 0 aromatic carbocycles. The largest absolute Gasteiger partial charge is 0.366 e. The highest BCUT2D eigenvalue weighted by Gasteiger charge is 2.30. The molecule has 4 nitrogen and oxygen atoms in total. The van der Waals surface area contributed by atoms with Gasteiger partial charge < -0.3 is 5.32 Å². The predicted molar refractivity (Wildman–Crippen MR) is 89.9 cm³/mol. The average Bonchev–Trinajstić information content (AvgIpc) is 2.48. The van der Waals surface area contributed by atoms with Gasteiger partial charge in [0.05, 0.1) is 17.7 Å². The highest BCUT2D eigenvalue weighted by atomic mass is 35.5. The minimum Gasteiger partial charge on any atom is -0.366 e. The van der Waals surface area contributed by atoms with Crippen LogP contribution in [0.5, 0.6) is 0 Å². The van der Waals surface area contributed by atoms with Crippen molar-refractivity contribution in [3.05, 3.63) is 17.0 Å². The number of anilines is 1. The number of aromatic nitrogens is 2. The van der Waals surface area contributed by atoms with Gasteiger partial charge in [0, 0.05) is 6.04 Å². The van der Waals surface area contributed by atoms with Crippen LogP contribution in [0.2, 0.25) is 5.02 Å². The summed E-state index contributed by atoms with van der Waals surface area (Å²) in [5.74, 6) is 1.11. The van der Waals surface area contributed by atoms with Crippen LogP contribution >= 0.6 is 11.6 Å². The van der Waals surface area contributed by atoms with Crippen LogP contribution in [0.1, 0.15) is 65.0 Å². The molecule has 2 rings (SSSR count). The van der Waals surface area contributed by atoms with Crippen molar-refractivity contribution in [2.75, 3.05) is 5.32 Å². The fourth-order valence-corrected chi connectivity index (χ4v) is 3.46. The Hall–Kier alpha value is -1.34. The van der Waals surface area contributed by atoms with Crippen molar-refractivity contribution < 1.29 is 0 Å². The zero-order valence-electron chi connectivity index (χ0n) is 13.9. The monoisotopic (exact) mass is 320 g/mol. The van der Waals surface area contributed by atoms with Crippen LogP contribution in [0.3, 0.4) is 0 Å². The summed E-state index contributed by atoms with van der Waals surface area (Å²) in [7, 11) is 0. The maximum absolute atomic E-state index is 9.04. The summed E-state index contributed by atoms with van der Waals surface area (Å²) in [6.45, 7) is 8.76. The molecular weight excluding hydrogens is 296 g/mol. The van der Waals surface area contributed by atoms with Crippen molar-refractivity contribution in [3.63, 3.8) is 0 Å². The number of halogens is 1. The van der Waals surface area contributed by atoms with Crippen LogP contribution in [-0.4, -0.2) is 16.0 Å². The van der Waals surface area contributed by atoms with E-state index in [1.807, 2.05) is 0 Å². The van der Waals surface area contributed by atoms with Gasteiger partial charge in [-0.1, -0.05) is 32.4 Å². The molecule has 1 aromatic rings. The van der Waals surface area contributed by atoms with Crippen LogP contribution in [0.4, 0.5) is 5.82 Å². The van der Waals surface area contributed by atoms with E-state index in [1.54, 1.807) is 6.92 Å². The third kappa shape index (κ3) is 3.89. The van der Waals surface area contributed by atoms with E-state index in [9.17, 15) is 0 Å². The maximum Gasteiger partial charge on any atom is 0.148 e. The van der Waals surface area contributed by atoms with Gasteiger partial charge in [-0.2, -0.15) is 5.26 Å². The first-order chi connectivity index (χ1) is 10.3. The summed E-state index contributed by atoms with van der Waals surface area (Å²) in [5, 5.41) is 13.0. The van der Waals surface area contributed by atoms with Gasteiger partial charge >= 0.3 is 0 Å². The Balaban J connectivity index is 2.03. The summed E-state index contributed by atoms with van der Waals surface area (Å²) < 4.78 is 0. The summed E-state index contributed by atoms with van der Waals surface area (Å²) >= 11 is 6.36.